The van der Waals surface area contributed by atoms with Gasteiger partial charge in [0.1, 0.15) is 11.5 Å². The molecule has 0 atom stereocenters. The van der Waals surface area contributed by atoms with Gasteiger partial charge in [-0.25, -0.2) is 4.98 Å². The van der Waals surface area contributed by atoms with Crippen LogP contribution in [0.4, 0.5) is 5.82 Å². The van der Waals surface area contributed by atoms with Crippen LogP contribution < -0.4 is 10.6 Å². The van der Waals surface area contributed by atoms with Gasteiger partial charge >= 0.3 is 0 Å². The van der Waals surface area contributed by atoms with Crippen LogP contribution in [0.3, 0.4) is 0 Å². The largest absolute Gasteiger partial charge is 0.373 e. The first-order valence-electron chi connectivity index (χ1n) is 7.06. The molecule has 0 saturated heterocycles. The summed E-state index contributed by atoms with van der Waals surface area (Å²) in [4.78, 5) is 16.4. The molecular weight excluding hydrogens is 238 g/mol. The summed E-state index contributed by atoms with van der Waals surface area (Å²) in [6.07, 6.45) is 6.30. The Morgan fingerprint density at radius 3 is 2.74 bits per heavy atom. The molecule has 1 aromatic heterocycles. The zero-order chi connectivity index (χ0) is 13.7. The number of rotatable bonds is 4. The number of amides is 1. The van der Waals surface area contributed by atoms with E-state index in [1.165, 1.54) is 32.1 Å². The van der Waals surface area contributed by atoms with Crippen LogP contribution in [-0.2, 0) is 0 Å². The van der Waals surface area contributed by atoms with E-state index in [1.54, 1.807) is 13.1 Å². The molecule has 1 fully saturated rings. The smallest absolute Gasteiger partial charge is 0.269 e. The second-order valence-corrected chi connectivity index (χ2v) is 5.71. The number of carbonyl (C=O) groups excluding carboxylic acids is 1. The lowest BCUT2D eigenvalue weighted by Gasteiger charge is -2.33. The van der Waals surface area contributed by atoms with Crippen LogP contribution in [0.2, 0.25) is 0 Å². The van der Waals surface area contributed by atoms with Crippen LogP contribution in [0.1, 0.15) is 49.5 Å². The molecule has 1 aromatic rings. The summed E-state index contributed by atoms with van der Waals surface area (Å²) in [7, 11) is 1.80. The van der Waals surface area contributed by atoms with E-state index in [0.717, 1.165) is 12.4 Å². The van der Waals surface area contributed by atoms with E-state index in [0.29, 0.717) is 5.69 Å². The molecule has 1 aliphatic carbocycles. The second-order valence-electron chi connectivity index (χ2n) is 5.71. The zero-order valence-electron chi connectivity index (χ0n) is 11.8. The number of hydrogen-bond acceptors (Lipinski definition) is 3. The number of hydrogen-bond donors (Lipinski definition) is 2. The molecular formula is C15H23N3O. The Bertz CT molecular complexity index is 439. The summed E-state index contributed by atoms with van der Waals surface area (Å²) in [6.45, 7) is 3.02. The highest BCUT2D eigenvalue weighted by atomic mass is 16.1. The van der Waals surface area contributed by atoms with E-state index in [-0.39, 0.29) is 11.3 Å². The summed E-state index contributed by atoms with van der Waals surface area (Å²) in [5.41, 5.74) is 0.736. The number of pyridine rings is 1. The molecule has 1 heterocycles. The SMILES string of the molecule is CNc1cccc(C(=O)NCC2(C)CCCCC2)n1. The Kier molecular flexibility index (Phi) is 4.40. The number of carbonyl (C=O) groups is 1. The number of anilines is 1. The molecule has 0 aromatic carbocycles. The van der Waals surface area contributed by atoms with Gasteiger partial charge in [0, 0.05) is 13.6 Å². The third-order valence-electron chi connectivity index (χ3n) is 3.97. The molecule has 2 N–H and O–H groups in total. The fourth-order valence-electron chi connectivity index (χ4n) is 2.67. The molecule has 0 unspecified atom stereocenters. The van der Waals surface area contributed by atoms with Crippen molar-refractivity contribution in [1.29, 1.82) is 0 Å². The van der Waals surface area contributed by atoms with Crippen LogP contribution in [0.25, 0.3) is 0 Å². The van der Waals surface area contributed by atoms with Gasteiger partial charge in [-0.15, -0.1) is 0 Å². The normalized spacial score (nSPS) is 17.8. The van der Waals surface area contributed by atoms with Crippen molar-refractivity contribution in [2.75, 3.05) is 18.9 Å². The lowest BCUT2D eigenvalue weighted by molar-refractivity contribution is 0.0914. The topological polar surface area (TPSA) is 54.0 Å². The van der Waals surface area contributed by atoms with Crippen LogP contribution in [0, 0.1) is 5.41 Å². The number of aromatic nitrogens is 1. The van der Waals surface area contributed by atoms with Crippen molar-refractivity contribution in [3.63, 3.8) is 0 Å². The van der Waals surface area contributed by atoms with Gasteiger partial charge in [-0.05, 0) is 30.4 Å². The van der Waals surface area contributed by atoms with Crippen molar-refractivity contribution in [3.8, 4) is 0 Å². The molecule has 0 radical (unpaired) electrons. The minimum atomic E-state index is -0.0797. The Hall–Kier alpha value is -1.58. The molecule has 2 rings (SSSR count). The predicted molar refractivity (Wildman–Crippen MR) is 77.3 cm³/mol. The monoisotopic (exact) mass is 261 g/mol. The zero-order valence-corrected chi connectivity index (χ0v) is 11.8. The first-order chi connectivity index (χ1) is 9.13. The van der Waals surface area contributed by atoms with Gasteiger partial charge in [-0.1, -0.05) is 32.3 Å². The molecule has 0 aliphatic heterocycles. The maximum absolute atomic E-state index is 12.1. The quantitative estimate of drug-likeness (QED) is 0.876. The van der Waals surface area contributed by atoms with Gasteiger partial charge in [0.05, 0.1) is 0 Å². The van der Waals surface area contributed by atoms with Gasteiger partial charge in [-0.2, -0.15) is 0 Å². The van der Waals surface area contributed by atoms with Crippen molar-refractivity contribution < 1.29 is 4.79 Å². The fraction of sp³-hybridized carbons (Fsp3) is 0.600. The third-order valence-corrected chi connectivity index (χ3v) is 3.97. The Morgan fingerprint density at radius 1 is 1.32 bits per heavy atom. The van der Waals surface area contributed by atoms with Gasteiger partial charge < -0.3 is 10.6 Å². The molecule has 4 nitrogen and oxygen atoms in total. The van der Waals surface area contributed by atoms with Gasteiger partial charge in [0.25, 0.3) is 5.91 Å². The average Bonchev–Trinajstić information content (AvgIpc) is 2.46. The van der Waals surface area contributed by atoms with Crippen LogP contribution in [-0.4, -0.2) is 24.5 Å². The van der Waals surface area contributed by atoms with E-state index >= 15 is 0 Å². The van der Waals surface area contributed by atoms with Crippen LogP contribution >= 0.6 is 0 Å². The summed E-state index contributed by atoms with van der Waals surface area (Å²) >= 11 is 0. The van der Waals surface area contributed by atoms with E-state index in [1.807, 2.05) is 12.1 Å². The Balaban J connectivity index is 1.93. The number of nitrogens with zero attached hydrogens (tertiary/aromatic N) is 1. The van der Waals surface area contributed by atoms with E-state index < -0.39 is 0 Å². The lowest BCUT2D eigenvalue weighted by atomic mass is 9.76. The first kappa shape index (κ1) is 13.8. The molecule has 1 saturated carbocycles. The fourth-order valence-corrected chi connectivity index (χ4v) is 2.67. The number of nitrogens with one attached hydrogen (secondary N) is 2. The molecule has 19 heavy (non-hydrogen) atoms. The minimum absolute atomic E-state index is 0.0797. The van der Waals surface area contributed by atoms with Crippen LogP contribution in [0.5, 0.6) is 0 Å². The highest BCUT2D eigenvalue weighted by Gasteiger charge is 2.27. The standard InChI is InChI=1S/C15H23N3O/c1-15(9-4-3-5-10-15)11-17-14(19)12-7-6-8-13(16-2)18-12/h6-8H,3-5,9-11H2,1-2H3,(H,16,18)(H,17,19). The van der Waals surface area contributed by atoms with E-state index in [4.69, 9.17) is 0 Å². The Morgan fingerprint density at radius 2 is 2.05 bits per heavy atom. The van der Waals surface area contributed by atoms with Gasteiger partial charge in [0.2, 0.25) is 0 Å². The molecule has 4 heteroatoms. The summed E-state index contributed by atoms with van der Waals surface area (Å²) in [6, 6.07) is 5.44. The molecule has 0 spiro atoms. The summed E-state index contributed by atoms with van der Waals surface area (Å²) in [5.74, 6) is 0.639. The predicted octanol–water partition coefficient (Wildman–Crippen LogP) is 2.82. The summed E-state index contributed by atoms with van der Waals surface area (Å²) in [5, 5.41) is 5.98. The van der Waals surface area contributed by atoms with Crippen molar-refractivity contribution in [2.24, 2.45) is 5.41 Å². The highest BCUT2D eigenvalue weighted by molar-refractivity contribution is 5.92. The van der Waals surface area contributed by atoms with Crippen molar-refractivity contribution in [3.05, 3.63) is 23.9 Å². The third kappa shape index (κ3) is 3.69. The Labute approximate surface area is 115 Å². The maximum Gasteiger partial charge on any atom is 0.269 e. The van der Waals surface area contributed by atoms with Crippen LogP contribution in [0.15, 0.2) is 18.2 Å². The summed E-state index contributed by atoms with van der Waals surface area (Å²) < 4.78 is 0. The highest BCUT2D eigenvalue weighted by Crippen LogP contribution is 2.34. The van der Waals surface area contributed by atoms with Gasteiger partial charge in [0.15, 0.2) is 0 Å². The lowest BCUT2D eigenvalue weighted by Crippen LogP contribution is -2.37. The van der Waals surface area contributed by atoms with Crippen molar-refractivity contribution in [1.82, 2.24) is 10.3 Å². The van der Waals surface area contributed by atoms with E-state index in [9.17, 15) is 4.79 Å². The average molecular weight is 261 g/mol. The van der Waals surface area contributed by atoms with Gasteiger partial charge in [-0.3, -0.25) is 4.79 Å². The maximum atomic E-state index is 12.1. The van der Waals surface area contributed by atoms with Crippen molar-refractivity contribution in [2.45, 2.75) is 39.0 Å². The minimum Gasteiger partial charge on any atom is -0.373 e. The molecule has 1 aliphatic rings. The molecule has 0 bridgehead atoms. The first-order valence-corrected chi connectivity index (χ1v) is 7.06. The van der Waals surface area contributed by atoms with Crippen molar-refractivity contribution >= 4 is 11.7 Å². The second kappa shape index (κ2) is 6.04. The molecule has 1 amide bonds. The van der Waals surface area contributed by atoms with E-state index in [2.05, 4.69) is 22.5 Å². The molecule has 104 valence electrons.